The summed E-state index contributed by atoms with van der Waals surface area (Å²) in [5.41, 5.74) is 22.3. The molecule has 0 saturated heterocycles. The molecule has 13 rings (SSSR count). The molecule has 4 nitrogen and oxygen atoms in total. The highest BCUT2D eigenvalue weighted by Crippen LogP contribution is 2.65. The molecule has 0 radical (unpaired) electrons. The standard InChI is InChI=1S/C65H44N4/c1-3-5-27-47(4-2)69-59-37-17-16-36-57(59)67-64(69)46-26-18-25-44(40-46)48-30-19-34-55-60(48)50-28-12-14-32-53(50)65(55)54-33-15-13-29-51(54)61-49(31-20-35-56(61)65)45-38-39-52-58(41-45)66-63(43-23-10-7-11-24-43)68-62(52)42-21-8-6-9-22-42/h3-41H,1H2,2H3/b27-5-,47-4+. The van der Waals surface area contributed by atoms with Crippen molar-refractivity contribution in [3.8, 4) is 78.5 Å². The van der Waals surface area contributed by atoms with Crippen LogP contribution in [0.3, 0.4) is 0 Å². The monoisotopic (exact) mass is 880 g/mol. The summed E-state index contributed by atoms with van der Waals surface area (Å²) in [6.45, 7) is 6.01. The molecule has 2 aromatic heterocycles. The fourth-order valence-corrected chi connectivity index (χ4v) is 11.3. The van der Waals surface area contributed by atoms with Crippen LogP contribution in [0.2, 0.25) is 0 Å². The molecule has 1 unspecified atom stereocenters. The van der Waals surface area contributed by atoms with Crippen molar-refractivity contribution in [3.05, 3.63) is 265 Å². The predicted molar refractivity (Wildman–Crippen MR) is 286 cm³/mol. The van der Waals surface area contributed by atoms with Crippen molar-refractivity contribution in [1.82, 2.24) is 19.5 Å². The first-order valence-corrected chi connectivity index (χ1v) is 23.6. The number of nitrogens with zero attached hydrogens (tertiary/aromatic N) is 4. The maximum absolute atomic E-state index is 5.26. The third kappa shape index (κ3) is 6.12. The van der Waals surface area contributed by atoms with Gasteiger partial charge in [-0.3, -0.25) is 4.57 Å². The molecule has 2 aliphatic rings. The number of rotatable bonds is 8. The molecule has 2 heterocycles. The second-order valence-electron chi connectivity index (χ2n) is 17.8. The summed E-state index contributed by atoms with van der Waals surface area (Å²) < 4.78 is 2.25. The van der Waals surface area contributed by atoms with Crippen LogP contribution in [0.25, 0.3) is 106 Å². The lowest BCUT2D eigenvalue weighted by Gasteiger charge is -2.30. The predicted octanol–water partition coefficient (Wildman–Crippen LogP) is 16.3. The van der Waals surface area contributed by atoms with Gasteiger partial charge in [-0.15, -0.1) is 0 Å². The van der Waals surface area contributed by atoms with E-state index in [1.807, 2.05) is 36.4 Å². The van der Waals surface area contributed by atoms with Gasteiger partial charge in [0.25, 0.3) is 0 Å². The van der Waals surface area contributed by atoms with Crippen LogP contribution in [0, 0.1) is 0 Å². The maximum Gasteiger partial charge on any atom is 0.160 e. The molecule has 4 heteroatoms. The van der Waals surface area contributed by atoms with E-state index in [9.17, 15) is 0 Å². The molecule has 0 N–H and O–H groups in total. The second-order valence-corrected chi connectivity index (χ2v) is 17.8. The minimum absolute atomic E-state index is 0.548. The highest BCUT2D eigenvalue weighted by atomic mass is 15.1. The van der Waals surface area contributed by atoms with Crippen molar-refractivity contribution < 1.29 is 0 Å². The lowest BCUT2D eigenvalue weighted by atomic mass is 9.70. The zero-order chi connectivity index (χ0) is 46.1. The van der Waals surface area contributed by atoms with E-state index in [0.717, 1.165) is 67.0 Å². The highest BCUT2D eigenvalue weighted by Gasteiger charge is 2.52. The van der Waals surface area contributed by atoms with E-state index < -0.39 is 5.41 Å². The van der Waals surface area contributed by atoms with Gasteiger partial charge < -0.3 is 0 Å². The summed E-state index contributed by atoms with van der Waals surface area (Å²) in [5, 5.41) is 1.02. The van der Waals surface area contributed by atoms with E-state index in [4.69, 9.17) is 15.0 Å². The van der Waals surface area contributed by atoms with Gasteiger partial charge in [-0.1, -0.05) is 207 Å². The zero-order valence-corrected chi connectivity index (χ0v) is 38.0. The Hall–Kier alpha value is -8.99. The summed E-state index contributed by atoms with van der Waals surface area (Å²) in [7, 11) is 0. The number of aromatic nitrogens is 4. The molecule has 0 aliphatic heterocycles. The Morgan fingerprint density at radius 3 is 1.70 bits per heavy atom. The normalized spacial score (nSPS) is 14.6. The van der Waals surface area contributed by atoms with Crippen LogP contribution >= 0.6 is 0 Å². The molecule has 9 aromatic carbocycles. The zero-order valence-electron chi connectivity index (χ0n) is 38.0. The van der Waals surface area contributed by atoms with Gasteiger partial charge in [-0.2, -0.15) is 0 Å². The number of para-hydroxylation sites is 2. The van der Waals surface area contributed by atoms with Crippen molar-refractivity contribution in [2.24, 2.45) is 0 Å². The summed E-state index contributed by atoms with van der Waals surface area (Å²) in [6.07, 6.45) is 8.01. The van der Waals surface area contributed by atoms with E-state index in [0.29, 0.717) is 5.82 Å². The van der Waals surface area contributed by atoms with Gasteiger partial charge in [0.05, 0.1) is 27.7 Å². The van der Waals surface area contributed by atoms with Crippen molar-refractivity contribution in [1.29, 1.82) is 0 Å². The summed E-state index contributed by atoms with van der Waals surface area (Å²) >= 11 is 0. The van der Waals surface area contributed by atoms with Crippen molar-refractivity contribution >= 4 is 27.6 Å². The Morgan fingerprint density at radius 1 is 0.464 bits per heavy atom. The van der Waals surface area contributed by atoms with Crippen molar-refractivity contribution in [2.75, 3.05) is 0 Å². The van der Waals surface area contributed by atoms with Gasteiger partial charge in [-0.05, 0) is 110 Å². The third-order valence-corrected chi connectivity index (χ3v) is 14.2. The lowest BCUT2D eigenvalue weighted by molar-refractivity contribution is 0.794. The first-order valence-electron chi connectivity index (χ1n) is 23.6. The number of fused-ring (bicyclic) bond motifs is 12. The molecular formula is C65H44N4. The Bertz CT molecular complexity index is 3930. The summed E-state index contributed by atoms with van der Waals surface area (Å²) in [4.78, 5) is 15.7. The number of hydrogen-bond donors (Lipinski definition) is 0. The van der Waals surface area contributed by atoms with Crippen LogP contribution in [-0.4, -0.2) is 19.5 Å². The van der Waals surface area contributed by atoms with E-state index in [-0.39, 0.29) is 0 Å². The Balaban J connectivity index is 1.01. The summed E-state index contributed by atoms with van der Waals surface area (Å²) in [5.74, 6) is 1.60. The first-order chi connectivity index (χ1) is 34.1. The minimum Gasteiger partial charge on any atom is -0.293 e. The molecule has 324 valence electrons. The molecule has 0 bridgehead atoms. The molecular weight excluding hydrogens is 837 g/mol. The molecule has 2 aliphatic carbocycles. The summed E-state index contributed by atoms with van der Waals surface area (Å²) in [6, 6.07) is 76.7. The minimum atomic E-state index is -0.548. The molecule has 1 atom stereocenters. The van der Waals surface area contributed by atoms with E-state index >= 15 is 0 Å². The average molecular weight is 881 g/mol. The van der Waals surface area contributed by atoms with Crippen LogP contribution < -0.4 is 0 Å². The van der Waals surface area contributed by atoms with Crippen LogP contribution in [0.1, 0.15) is 29.2 Å². The number of benzene rings is 9. The third-order valence-electron chi connectivity index (χ3n) is 14.2. The van der Waals surface area contributed by atoms with Crippen LogP contribution in [0.4, 0.5) is 0 Å². The maximum atomic E-state index is 5.26. The Kier molecular flexibility index (Phi) is 9.41. The van der Waals surface area contributed by atoms with E-state index in [1.54, 1.807) is 0 Å². The molecule has 11 aromatic rings. The largest absolute Gasteiger partial charge is 0.293 e. The van der Waals surface area contributed by atoms with E-state index in [1.165, 1.54) is 55.6 Å². The molecule has 0 amide bonds. The quantitative estimate of drug-likeness (QED) is 0.143. The van der Waals surface area contributed by atoms with Gasteiger partial charge in [0.1, 0.15) is 5.82 Å². The number of allylic oxidation sites excluding steroid dienone is 5. The fraction of sp³-hybridized carbons (Fsp3) is 0.0308. The molecule has 69 heavy (non-hydrogen) atoms. The smallest absolute Gasteiger partial charge is 0.160 e. The van der Waals surface area contributed by atoms with E-state index in [2.05, 4.69) is 218 Å². The molecule has 1 spiro atoms. The van der Waals surface area contributed by atoms with Gasteiger partial charge in [0.15, 0.2) is 5.82 Å². The topological polar surface area (TPSA) is 43.6 Å². The Morgan fingerprint density at radius 2 is 1.01 bits per heavy atom. The number of hydrogen-bond acceptors (Lipinski definition) is 3. The van der Waals surface area contributed by atoms with Crippen molar-refractivity contribution in [2.45, 2.75) is 12.3 Å². The van der Waals surface area contributed by atoms with Crippen LogP contribution in [0.15, 0.2) is 243 Å². The van der Waals surface area contributed by atoms with Crippen LogP contribution in [0.5, 0.6) is 0 Å². The molecule has 0 fully saturated rings. The Labute approximate surface area is 401 Å². The highest BCUT2D eigenvalue weighted by molar-refractivity contribution is 6.04. The van der Waals surface area contributed by atoms with Gasteiger partial charge in [0, 0.05) is 27.8 Å². The van der Waals surface area contributed by atoms with Crippen LogP contribution in [-0.2, 0) is 5.41 Å². The molecule has 0 saturated carbocycles. The second kappa shape index (κ2) is 16.1. The van der Waals surface area contributed by atoms with Gasteiger partial charge >= 0.3 is 0 Å². The SMILES string of the molecule is C=C/C=C\C(=C/C)n1c(-c2cccc(-c3cccc4c3-c3ccccc3C43c4ccccc4-c4c(-c5ccc6c(-c7ccccc7)nc(-c7ccccc7)nc6c5)cccc43)c2)nc2ccccc21. The van der Waals surface area contributed by atoms with Gasteiger partial charge in [-0.25, -0.2) is 15.0 Å². The van der Waals surface area contributed by atoms with Gasteiger partial charge in [0.2, 0.25) is 0 Å². The number of imidazole rings is 1. The first kappa shape index (κ1) is 40.3. The lowest BCUT2D eigenvalue weighted by Crippen LogP contribution is -2.25. The van der Waals surface area contributed by atoms with Crippen molar-refractivity contribution in [3.63, 3.8) is 0 Å². The average Bonchev–Trinajstić information content (AvgIpc) is 4.06. The fourth-order valence-electron chi connectivity index (χ4n) is 11.3.